The molecule has 19 heavy (non-hydrogen) atoms. The van der Waals surface area contributed by atoms with Crippen LogP contribution in [0.1, 0.15) is 6.92 Å². The predicted octanol–water partition coefficient (Wildman–Crippen LogP) is 3.84. The summed E-state index contributed by atoms with van der Waals surface area (Å²) in [5, 5.41) is 5.52. The second kappa shape index (κ2) is 6.80. The Morgan fingerprint density at radius 2 is 2.00 bits per heavy atom. The number of nitrogens with zero attached hydrogens (tertiary/aromatic N) is 1. The summed E-state index contributed by atoms with van der Waals surface area (Å²) >= 11 is 1.74. The average molecular weight is 273 g/mol. The molecule has 0 bridgehead atoms. The van der Waals surface area contributed by atoms with Gasteiger partial charge in [-0.1, -0.05) is 13.0 Å². The molecule has 2 N–H and O–H groups in total. The second-order valence-electron chi connectivity index (χ2n) is 3.78. The molecule has 0 spiro atoms. The molecule has 0 fully saturated rings. The van der Waals surface area contributed by atoms with Crippen LogP contribution >= 0.6 is 11.8 Å². The van der Waals surface area contributed by atoms with E-state index in [1.165, 1.54) is 0 Å². The second-order valence-corrected chi connectivity index (χ2v) is 5.12. The van der Waals surface area contributed by atoms with Crippen LogP contribution in [0.4, 0.5) is 16.2 Å². The number of hydrogen-bond donors (Lipinski definition) is 2. The highest BCUT2D eigenvalue weighted by Gasteiger charge is 2.03. The molecule has 2 aromatic rings. The molecule has 0 aliphatic heterocycles. The van der Waals surface area contributed by atoms with Crippen molar-refractivity contribution in [2.45, 2.75) is 11.8 Å². The maximum absolute atomic E-state index is 11.8. The van der Waals surface area contributed by atoms with Crippen LogP contribution in [0.5, 0.6) is 0 Å². The third kappa shape index (κ3) is 4.30. The first-order chi connectivity index (χ1) is 9.28. The Labute approximate surface area is 116 Å². The van der Waals surface area contributed by atoms with Crippen molar-refractivity contribution < 1.29 is 4.79 Å². The standard InChI is InChI=1S/C14H15N3OS/c1-2-19-13-7-3-5-11(9-13)16-14(18)17-12-6-4-8-15-10-12/h3-10H,2H2,1H3,(H2,16,17,18). The Morgan fingerprint density at radius 3 is 2.74 bits per heavy atom. The quantitative estimate of drug-likeness (QED) is 0.832. The van der Waals surface area contributed by atoms with E-state index in [0.29, 0.717) is 5.69 Å². The molecular weight excluding hydrogens is 258 g/mol. The number of pyridine rings is 1. The van der Waals surface area contributed by atoms with E-state index in [0.717, 1.165) is 16.3 Å². The van der Waals surface area contributed by atoms with Gasteiger partial charge in [0.25, 0.3) is 0 Å². The Morgan fingerprint density at radius 1 is 1.21 bits per heavy atom. The van der Waals surface area contributed by atoms with Crippen LogP contribution in [0.2, 0.25) is 0 Å². The molecule has 4 nitrogen and oxygen atoms in total. The van der Waals surface area contributed by atoms with E-state index in [9.17, 15) is 4.79 Å². The summed E-state index contributed by atoms with van der Waals surface area (Å²) in [5.74, 6) is 1.01. The van der Waals surface area contributed by atoms with Crippen molar-refractivity contribution in [2.24, 2.45) is 0 Å². The first-order valence-corrected chi connectivity index (χ1v) is 6.97. The van der Waals surface area contributed by atoms with Gasteiger partial charge in [0, 0.05) is 16.8 Å². The summed E-state index contributed by atoms with van der Waals surface area (Å²) in [4.78, 5) is 16.9. The van der Waals surface area contributed by atoms with Crippen molar-refractivity contribution in [3.8, 4) is 0 Å². The van der Waals surface area contributed by atoms with Crippen LogP contribution < -0.4 is 10.6 Å². The zero-order chi connectivity index (χ0) is 13.5. The molecule has 5 heteroatoms. The van der Waals surface area contributed by atoms with Crippen LogP contribution in [0.3, 0.4) is 0 Å². The zero-order valence-corrected chi connectivity index (χ0v) is 11.4. The van der Waals surface area contributed by atoms with Gasteiger partial charge in [0.05, 0.1) is 11.9 Å². The summed E-state index contributed by atoms with van der Waals surface area (Å²) in [7, 11) is 0. The summed E-state index contributed by atoms with van der Waals surface area (Å²) in [5.41, 5.74) is 1.44. The smallest absolute Gasteiger partial charge is 0.308 e. The van der Waals surface area contributed by atoms with Gasteiger partial charge in [-0.25, -0.2) is 4.79 Å². The van der Waals surface area contributed by atoms with E-state index in [-0.39, 0.29) is 6.03 Å². The third-order valence-corrected chi connectivity index (χ3v) is 3.20. The summed E-state index contributed by atoms with van der Waals surface area (Å²) in [6.45, 7) is 2.10. The minimum atomic E-state index is -0.272. The average Bonchev–Trinajstić information content (AvgIpc) is 2.40. The lowest BCUT2D eigenvalue weighted by Gasteiger charge is -2.08. The van der Waals surface area contributed by atoms with Gasteiger partial charge in [-0.15, -0.1) is 11.8 Å². The normalized spacial score (nSPS) is 9.95. The number of carbonyl (C=O) groups excluding carboxylic acids is 1. The van der Waals surface area contributed by atoms with Crippen LogP contribution in [-0.2, 0) is 0 Å². The maximum atomic E-state index is 11.8. The van der Waals surface area contributed by atoms with Gasteiger partial charge in [0.15, 0.2) is 0 Å². The number of hydrogen-bond acceptors (Lipinski definition) is 3. The minimum absolute atomic E-state index is 0.272. The van der Waals surface area contributed by atoms with E-state index in [1.54, 1.807) is 36.3 Å². The first kappa shape index (κ1) is 13.4. The van der Waals surface area contributed by atoms with Crippen molar-refractivity contribution in [1.29, 1.82) is 0 Å². The first-order valence-electron chi connectivity index (χ1n) is 5.99. The Kier molecular flexibility index (Phi) is 4.80. The number of benzene rings is 1. The number of carbonyl (C=O) groups is 1. The van der Waals surface area contributed by atoms with Gasteiger partial charge < -0.3 is 10.6 Å². The van der Waals surface area contributed by atoms with E-state index in [1.807, 2.05) is 24.3 Å². The van der Waals surface area contributed by atoms with Crippen molar-refractivity contribution in [3.63, 3.8) is 0 Å². The summed E-state index contributed by atoms with van der Waals surface area (Å²) < 4.78 is 0. The number of anilines is 2. The fourth-order valence-electron chi connectivity index (χ4n) is 1.56. The Hall–Kier alpha value is -2.01. The lowest BCUT2D eigenvalue weighted by molar-refractivity contribution is 0.262. The van der Waals surface area contributed by atoms with Crippen molar-refractivity contribution in [2.75, 3.05) is 16.4 Å². The van der Waals surface area contributed by atoms with Gasteiger partial charge in [-0.3, -0.25) is 4.98 Å². The molecule has 1 aromatic carbocycles. The maximum Gasteiger partial charge on any atom is 0.323 e. The van der Waals surface area contributed by atoms with Crippen molar-refractivity contribution in [3.05, 3.63) is 48.8 Å². The van der Waals surface area contributed by atoms with Crippen LogP contribution in [0.25, 0.3) is 0 Å². The van der Waals surface area contributed by atoms with Gasteiger partial charge in [-0.05, 0) is 36.1 Å². The molecular formula is C14H15N3OS. The fraction of sp³-hybridized carbons (Fsp3) is 0.143. The highest BCUT2D eigenvalue weighted by atomic mass is 32.2. The fourth-order valence-corrected chi connectivity index (χ4v) is 2.28. The lowest BCUT2D eigenvalue weighted by atomic mass is 10.3. The third-order valence-electron chi connectivity index (χ3n) is 2.32. The molecule has 0 atom stereocenters. The number of thioether (sulfide) groups is 1. The summed E-state index contributed by atoms with van der Waals surface area (Å²) in [6.07, 6.45) is 3.26. The molecule has 0 radical (unpaired) electrons. The minimum Gasteiger partial charge on any atom is -0.308 e. The number of amides is 2. The van der Waals surface area contributed by atoms with Gasteiger partial charge in [-0.2, -0.15) is 0 Å². The van der Waals surface area contributed by atoms with E-state index in [4.69, 9.17) is 0 Å². The molecule has 1 aromatic heterocycles. The van der Waals surface area contributed by atoms with Crippen LogP contribution in [0, 0.1) is 0 Å². The molecule has 0 aliphatic carbocycles. The topological polar surface area (TPSA) is 54.0 Å². The highest BCUT2D eigenvalue weighted by Crippen LogP contribution is 2.21. The summed E-state index contributed by atoms with van der Waals surface area (Å²) in [6, 6.07) is 11.1. The molecule has 0 saturated carbocycles. The molecule has 2 rings (SSSR count). The Balaban J connectivity index is 1.97. The van der Waals surface area contributed by atoms with Crippen molar-refractivity contribution in [1.82, 2.24) is 4.98 Å². The van der Waals surface area contributed by atoms with Crippen LogP contribution in [0.15, 0.2) is 53.7 Å². The Bertz CT molecular complexity index is 545. The molecule has 1 heterocycles. The molecule has 98 valence electrons. The van der Waals surface area contributed by atoms with E-state index >= 15 is 0 Å². The van der Waals surface area contributed by atoms with Crippen LogP contribution in [-0.4, -0.2) is 16.8 Å². The number of nitrogens with one attached hydrogen (secondary N) is 2. The molecule has 0 saturated heterocycles. The van der Waals surface area contributed by atoms with Gasteiger partial charge in [0.2, 0.25) is 0 Å². The van der Waals surface area contributed by atoms with Crippen molar-refractivity contribution >= 4 is 29.2 Å². The SMILES string of the molecule is CCSc1cccc(NC(=O)Nc2cccnc2)c1. The number of rotatable bonds is 4. The van der Waals surface area contributed by atoms with Gasteiger partial charge in [0.1, 0.15) is 0 Å². The largest absolute Gasteiger partial charge is 0.323 e. The molecule has 0 aliphatic rings. The number of aromatic nitrogens is 1. The van der Waals surface area contributed by atoms with E-state index < -0.39 is 0 Å². The molecule has 0 unspecified atom stereocenters. The van der Waals surface area contributed by atoms with E-state index in [2.05, 4.69) is 22.5 Å². The van der Waals surface area contributed by atoms with Gasteiger partial charge >= 0.3 is 6.03 Å². The monoisotopic (exact) mass is 273 g/mol. The number of urea groups is 1. The highest BCUT2D eigenvalue weighted by molar-refractivity contribution is 7.99. The lowest BCUT2D eigenvalue weighted by Crippen LogP contribution is -2.19. The molecule has 2 amide bonds. The zero-order valence-electron chi connectivity index (χ0n) is 10.6. The predicted molar refractivity (Wildman–Crippen MR) is 79.7 cm³/mol.